The van der Waals surface area contributed by atoms with Crippen LogP contribution in [-0.4, -0.2) is 50.8 Å². The molecule has 0 heterocycles. The van der Waals surface area contributed by atoms with Crippen molar-refractivity contribution in [2.24, 2.45) is 5.73 Å². The molecule has 1 aromatic carbocycles. The summed E-state index contributed by atoms with van der Waals surface area (Å²) >= 11 is 0. The quantitative estimate of drug-likeness (QED) is 0.461. The first-order valence-electron chi connectivity index (χ1n) is 7.03. The SMILES string of the molecule is COCCCOCCN(CC(N)=O)Cc1ccc(N)cc1. The first kappa shape index (κ1) is 17.4. The van der Waals surface area contributed by atoms with Crippen LogP contribution in [0.5, 0.6) is 0 Å². The lowest BCUT2D eigenvalue weighted by molar-refractivity contribution is -0.119. The lowest BCUT2D eigenvalue weighted by Crippen LogP contribution is -2.35. The van der Waals surface area contributed by atoms with Crippen molar-refractivity contribution in [1.29, 1.82) is 0 Å². The highest BCUT2D eigenvalue weighted by atomic mass is 16.5. The average molecular weight is 295 g/mol. The van der Waals surface area contributed by atoms with Crippen LogP contribution >= 0.6 is 0 Å². The zero-order valence-electron chi connectivity index (χ0n) is 12.6. The molecule has 0 fully saturated rings. The van der Waals surface area contributed by atoms with Crippen LogP contribution in [0.15, 0.2) is 24.3 Å². The van der Waals surface area contributed by atoms with Crippen molar-refractivity contribution in [3.8, 4) is 0 Å². The molecular weight excluding hydrogens is 270 g/mol. The molecule has 0 spiro atoms. The first-order valence-corrected chi connectivity index (χ1v) is 7.03. The van der Waals surface area contributed by atoms with Crippen molar-refractivity contribution in [1.82, 2.24) is 4.90 Å². The Hall–Kier alpha value is -1.63. The van der Waals surface area contributed by atoms with Crippen LogP contribution in [0.2, 0.25) is 0 Å². The highest BCUT2D eigenvalue weighted by Crippen LogP contribution is 2.08. The summed E-state index contributed by atoms with van der Waals surface area (Å²) in [5.74, 6) is -0.343. The van der Waals surface area contributed by atoms with Crippen molar-refractivity contribution < 1.29 is 14.3 Å². The maximum Gasteiger partial charge on any atom is 0.231 e. The van der Waals surface area contributed by atoms with Crippen molar-refractivity contribution in [2.75, 3.05) is 45.8 Å². The number of amides is 1. The number of ether oxygens (including phenoxy) is 2. The summed E-state index contributed by atoms with van der Waals surface area (Å²) in [6.07, 6.45) is 0.865. The highest BCUT2D eigenvalue weighted by molar-refractivity contribution is 5.75. The van der Waals surface area contributed by atoms with E-state index >= 15 is 0 Å². The summed E-state index contributed by atoms with van der Waals surface area (Å²) in [4.78, 5) is 13.1. The van der Waals surface area contributed by atoms with E-state index < -0.39 is 0 Å². The molecular formula is C15H25N3O3. The molecule has 1 aromatic rings. The van der Waals surface area contributed by atoms with Gasteiger partial charge in [-0.1, -0.05) is 12.1 Å². The number of hydrogen-bond acceptors (Lipinski definition) is 5. The molecule has 1 amide bonds. The van der Waals surface area contributed by atoms with Crippen molar-refractivity contribution in [3.63, 3.8) is 0 Å². The first-order chi connectivity index (χ1) is 10.1. The summed E-state index contributed by atoms with van der Waals surface area (Å²) < 4.78 is 10.5. The number of nitrogen functional groups attached to an aromatic ring is 1. The Morgan fingerprint density at radius 2 is 1.90 bits per heavy atom. The monoisotopic (exact) mass is 295 g/mol. The number of carbonyl (C=O) groups is 1. The van der Waals surface area contributed by atoms with Crippen molar-refractivity contribution in [3.05, 3.63) is 29.8 Å². The standard InChI is InChI=1S/C15H25N3O3/c1-20-8-2-9-21-10-7-18(12-15(17)19)11-13-3-5-14(16)6-4-13/h3-6H,2,7-12,16H2,1H3,(H2,17,19). The van der Waals surface area contributed by atoms with Crippen LogP contribution in [-0.2, 0) is 20.8 Å². The molecule has 0 aliphatic rings. The fourth-order valence-corrected chi connectivity index (χ4v) is 1.92. The van der Waals surface area contributed by atoms with Gasteiger partial charge >= 0.3 is 0 Å². The second kappa shape index (κ2) is 10.1. The zero-order chi connectivity index (χ0) is 15.5. The smallest absolute Gasteiger partial charge is 0.231 e. The van der Waals surface area contributed by atoms with E-state index in [0.29, 0.717) is 32.9 Å². The molecule has 0 saturated heterocycles. The van der Waals surface area contributed by atoms with Gasteiger partial charge in [-0.2, -0.15) is 0 Å². The largest absolute Gasteiger partial charge is 0.399 e. The van der Waals surface area contributed by atoms with Gasteiger partial charge in [0.05, 0.1) is 13.2 Å². The number of nitrogens with zero attached hydrogens (tertiary/aromatic N) is 1. The fourth-order valence-electron chi connectivity index (χ4n) is 1.92. The summed E-state index contributed by atoms with van der Waals surface area (Å²) in [5.41, 5.74) is 12.8. The van der Waals surface area contributed by atoms with Gasteiger partial charge in [0.25, 0.3) is 0 Å². The average Bonchev–Trinajstić information content (AvgIpc) is 2.44. The van der Waals surface area contributed by atoms with E-state index in [1.54, 1.807) is 7.11 Å². The van der Waals surface area contributed by atoms with Crippen LogP contribution in [0, 0.1) is 0 Å². The number of primary amides is 1. The molecule has 0 atom stereocenters. The van der Waals surface area contributed by atoms with Gasteiger partial charge in [0.15, 0.2) is 0 Å². The summed E-state index contributed by atoms with van der Waals surface area (Å²) in [6, 6.07) is 7.59. The number of nitrogens with two attached hydrogens (primary N) is 2. The Bertz CT molecular complexity index is 409. The van der Waals surface area contributed by atoms with Crippen LogP contribution in [0.4, 0.5) is 5.69 Å². The molecule has 21 heavy (non-hydrogen) atoms. The Labute approximate surface area is 126 Å². The molecule has 0 aromatic heterocycles. The van der Waals surface area contributed by atoms with E-state index in [1.807, 2.05) is 29.2 Å². The van der Waals surface area contributed by atoms with Crippen LogP contribution in [0.1, 0.15) is 12.0 Å². The molecule has 4 N–H and O–H groups in total. The predicted octanol–water partition coefficient (Wildman–Crippen LogP) is 0.609. The molecule has 1 rings (SSSR count). The molecule has 0 saturated carbocycles. The van der Waals surface area contributed by atoms with Gasteiger partial charge in [-0.15, -0.1) is 0 Å². The van der Waals surface area contributed by atoms with Crippen LogP contribution < -0.4 is 11.5 Å². The van der Waals surface area contributed by atoms with Gasteiger partial charge in [-0.3, -0.25) is 9.69 Å². The third-order valence-corrected chi connectivity index (χ3v) is 2.95. The van der Waals surface area contributed by atoms with E-state index in [1.165, 1.54) is 0 Å². The molecule has 118 valence electrons. The highest BCUT2D eigenvalue weighted by Gasteiger charge is 2.09. The third kappa shape index (κ3) is 8.29. The summed E-state index contributed by atoms with van der Waals surface area (Å²) in [5, 5.41) is 0. The number of methoxy groups -OCH3 is 1. The summed E-state index contributed by atoms with van der Waals surface area (Å²) in [7, 11) is 1.67. The second-order valence-corrected chi connectivity index (χ2v) is 4.88. The third-order valence-electron chi connectivity index (χ3n) is 2.95. The normalized spacial score (nSPS) is 11.0. The van der Waals surface area contributed by atoms with E-state index in [2.05, 4.69) is 0 Å². The Morgan fingerprint density at radius 3 is 2.52 bits per heavy atom. The maximum atomic E-state index is 11.1. The Balaban J connectivity index is 2.36. The zero-order valence-corrected chi connectivity index (χ0v) is 12.6. The molecule has 6 heteroatoms. The molecule has 0 aliphatic heterocycles. The van der Waals surface area contributed by atoms with Gasteiger partial charge < -0.3 is 20.9 Å². The minimum absolute atomic E-state index is 0.214. The summed E-state index contributed by atoms with van der Waals surface area (Å²) in [6.45, 7) is 3.42. The lowest BCUT2D eigenvalue weighted by Gasteiger charge is -2.20. The molecule has 6 nitrogen and oxygen atoms in total. The second-order valence-electron chi connectivity index (χ2n) is 4.88. The predicted molar refractivity (Wildman–Crippen MR) is 82.6 cm³/mol. The minimum atomic E-state index is -0.343. The number of hydrogen-bond donors (Lipinski definition) is 2. The Kier molecular flexibility index (Phi) is 8.42. The van der Waals surface area contributed by atoms with E-state index in [4.69, 9.17) is 20.9 Å². The van der Waals surface area contributed by atoms with Crippen molar-refractivity contribution in [2.45, 2.75) is 13.0 Å². The maximum absolute atomic E-state index is 11.1. The molecule has 0 bridgehead atoms. The van der Waals surface area contributed by atoms with Gasteiger partial charge in [0, 0.05) is 39.1 Å². The van der Waals surface area contributed by atoms with E-state index in [0.717, 1.165) is 17.7 Å². The number of benzene rings is 1. The Morgan fingerprint density at radius 1 is 1.19 bits per heavy atom. The van der Waals surface area contributed by atoms with E-state index in [-0.39, 0.29) is 12.5 Å². The van der Waals surface area contributed by atoms with Crippen LogP contribution in [0.25, 0.3) is 0 Å². The van der Waals surface area contributed by atoms with Crippen molar-refractivity contribution >= 4 is 11.6 Å². The molecule has 0 aliphatic carbocycles. The molecule has 0 unspecified atom stereocenters. The minimum Gasteiger partial charge on any atom is -0.399 e. The van der Waals surface area contributed by atoms with Gasteiger partial charge in [-0.25, -0.2) is 0 Å². The van der Waals surface area contributed by atoms with Gasteiger partial charge in [0.1, 0.15) is 0 Å². The number of anilines is 1. The lowest BCUT2D eigenvalue weighted by atomic mass is 10.2. The van der Waals surface area contributed by atoms with Gasteiger partial charge in [-0.05, 0) is 24.1 Å². The van der Waals surface area contributed by atoms with Crippen LogP contribution in [0.3, 0.4) is 0 Å². The molecule has 0 radical (unpaired) electrons. The number of rotatable bonds is 11. The van der Waals surface area contributed by atoms with E-state index in [9.17, 15) is 4.79 Å². The van der Waals surface area contributed by atoms with Gasteiger partial charge in [0.2, 0.25) is 5.91 Å². The topological polar surface area (TPSA) is 90.8 Å². The number of carbonyl (C=O) groups excluding carboxylic acids is 1. The fraction of sp³-hybridized carbons (Fsp3) is 0.533.